The number of nitrogens with zero attached hydrogens (tertiary/aromatic N) is 1. The maximum absolute atomic E-state index is 13.2. The first kappa shape index (κ1) is 27.6. The number of allylic oxidation sites excluding steroid dienone is 7. The second kappa shape index (κ2) is 13.9. The third kappa shape index (κ3) is 8.97. The zero-order valence-electron chi connectivity index (χ0n) is 20.9. The lowest BCUT2D eigenvalue weighted by molar-refractivity contribution is -0.111. The van der Waals surface area contributed by atoms with E-state index < -0.39 is 0 Å². The van der Waals surface area contributed by atoms with Gasteiger partial charge in [0.15, 0.2) is 5.78 Å². The minimum atomic E-state index is -0.0331. The van der Waals surface area contributed by atoms with E-state index >= 15 is 0 Å². The van der Waals surface area contributed by atoms with E-state index in [4.69, 9.17) is 5.73 Å². The summed E-state index contributed by atoms with van der Waals surface area (Å²) in [6.07, 6.45) is 4.75. The summed E-state index contributed by atoms with van der Waals surface area (Å²) in [6.45, 7) is 13.6. The van der Waals surface area contributed by atoms with E-state index in [9.17, 15) is 4.79 Å². The fourth-order valence-electron chi connectivity index (χ4n) is 2.74. The molecule has 0 spiro atoms. The van der Waals surface area contributed by atoms with E-state index in [0.717, 1.165) is 41.5 Å². The number of thioether (sulfide) groups is 1. The van der Waals surface area contributed by atoms with Crippen molar-refractivity contribution in [2.75, 3.05) is 37.8 Å². The maximum Gasteiger partial charge on any atom is 0.197 e. The molecule has 0 unspecified atom stereocenters. The molecule has 0 heterocycles. The fraction of sp³-hybridized carbons (Fsp3) is 0.423. The fourth-order valence-corrected chi connectivity index (χ4v) is 3.84. The number of likely N-dealkylation sites (N-methyl/N-ethyl adjacent to an activating group) is 1. The molecule has 0 radical (unpaired) electrons. The lowest BCUT2D eigenvalue weighted by Gasteiger charge is -2.17. The Bertz CT molecular complexity index is 889. The SMILES string of the molecule is C/C=C\C(C)=C(/C)C(=O)/C(S/C(Nc1ccc(NCCN(C)C)cc1)=C(\C)CC)=C(/C)N. The molecule has 1 rings (SSSR count). The van der Waals surface area contributed by atoms with E-state index in [0.29, 0.717) is 16.2 Å². The summed E-state index contributed by atoms with van der Waals surface area (Å²) >= 11 is 1.41. The number of anilines is 2. The summed E-state index contributed by atoms with van der Waals surface area (Å²) in [4.78, 5) is 15.9. The van der Waals surface area contributed by atoms with Crippen molar-refractivity contribution in [3.63, 3.8) is 0 Å². The summed E-state index contributed by atoms with van der Waals surface area (Å²) in [7, 11) is 4.12. The van der Waals surface area contributed by atoms with Gasteiger partial charge in [0.05, 0.1) is 9.93 Å². The summed E-state index contributed by atoms with van der Waals surface area (Å²) in [5.41, 5.74) is 11.5. The van der Waals surface area contributed by atoms with Gasteiger partial charge in [0.1, 0.15) is 0 Å². The highest BCUT2D eigenvalue weighted by molar-refractivity contribution is 8.07. The van der Waals surface area contributed by atoms with Gasteiger partial charge in [-0.3, -0.25) is 4.79 Å². The number of rotatable bonds is 12. The highest BCUT2D eigenvalue weighted by Crippen LogP contribution is 2.34. The van der Waals surface area contributed by atoms with Crippen LogP contribution in [0.2, 0.25) is 0 Å². The predicted octanol–water partition coefficient (Wildman–Crippen LogP) is 6.12. The van der Waals surface area contributed by atoms with Gasteiger partial charge in [0, 0.05) is 35.7 Å². The first-order chi connectivity index (χ1) is 15.1. The lowest BCUT2D eigenvalue weighted by atomic mass is 10.1. The van der Waals surface area contributed by atoms with Gasteiger partial charge in [-0.1, -0.05) is 30.8 Å². The van der Waals surface area contributed by atoms with E-state index in [1.165, 1.54) is 17.3 Å². The topological polar surface area (TPSA) is 70.4 Å². The number of ketones is 1. The zero-order chi connectivity index (χ0) is 24.3. The third-order valence-electron chi connectivity index (χ3n) is 5.07. The van der Waals surface area contributed by atoms with E-state index in [1.807, 2.05) is 45.1 Å². The van der Waals surface area contributed by atoms with Crippen LogP contribution in [0.15, 0.2) is 68.8 Å². The van der Waals surface area contributed by atoms with Crippen molar-refractivity contribution < 1.29 is 4.79 Å². The smallest absolute Gasteiger partial charge is 0.197 e. The van der Waals surface area contributed by atoms with Crippen LogP contribution in [0.4, 0.5) is 11.4 Å². The Morgan fingerprint density at radius 3 is 2.19 bits per heavy atom. The number of nitrogens with one attached hydrogen (secondary N) is 2. The van der Waals surface area contributed by atoms with Crippen LogP contribution in [0.5, 0.6) is 0 Å². The highest BCUT2D eigenvalue weighted by Gasteiger charge is 2.19. The average molecular weight is 457 g/mol. The number of hydrogen-bond donors (Lipinski definition) is 3. The first-order valence-corrected chi connectivity index (χ1v) is 11.9. The van der Waals surface area contributed by atoms with E-state index in [1.54, 1.807) is 6.92 Å². The Morgan fingerprint density at radius 1 is 1.09 bits per heavy atom. The molecule has 0 atom stereocenters. The molecule has 0 bridgehead atoms. The number of carbonyl (C=O) groups excluding carboxylic acids is 1. The molecule has 0 fully saturated rings. The highest BCUT2D eigenvalue weighted by atomic mass is 32.2. The second-order valence-corrected chi connectivity index (χ2v) is 9.17. The van der Waals surface area contributed by atoms with Gasteiger partial charge < -0.3 is 21.3 Å². The molecule has 0 aromatic heterocycles. The van der Waals surface area contributed by atoms with E-state index in [2.05, 4.69) is 55.6 Å². The van der Waals surface area contributed by atoms with Gasteiger partial charge in [0.25, 0.3) is 0 Å². The normalized spacial score (nSPS) is 14.2. The Hall–Kier alpha value is -2.44. The van der Waals surface area contributed by atoms with Crippen molar-refractivity contribution >= 4 is 28.9 Å². The minimum Gasteiger partial charge on any atom is -0.401 e. The Labute approximate surface area is 198 Å². The summed E-state index contributed by atoms with van der Waals surface area (Å²) in [6, 6.07) is 8.21. The van der Waals surface area contributed by atoms with Crippen LogP contribution in [0.3, 0.4) is 0 Å². The Kier molecular flexibility index (Phi) is 12.0. The second-order valence-electron chi connectivity index (χ2n) is 8.15. The molecule has 0 aliphatic carbocycles. The molecule has 0 saturated carbocycles. The predicted molar refractivity (Wildman–Crippen MR) is 143 cm³/mol. The Balaban J connectivity index is 3.08. The number of nitrogens with two attached hydrogens (primary N) is 1. The number of benzene rings is 1. The number of carbonyl (C=O) groups is 1. The van der Waals surface area contributed by atoms with Crippen LogP contribution in [0, 0.1) is 0 Å². The quantitative estimate of drug-likeness (QED) is 0.260. The summed E-state index contributed by atoms with van der Waals surface area (Å²) in [5.74, 6) is -0.0331. The van der Waals surface area contributed by atoms with Crippen molar-refractivity contribution in [1.29, 1.82) is 0 Å². The van der Waals surface area contributed by atoms with Crippen LogP contribution in [-0.2, 0) is 4.79 Å². The molecule has 176 valence electrons. The van der Waals surface area contributed by atoms with Gasteiger partial charge in [-0.05, 0) is 90.5 Å². The number of hydrogen-bond acceptors (Lipinski definition) is 6. The zero-order valence-corrected chi connectivity index (χ0v) is 21.7. The van der Waals surface area contributed by atoms with Gasteiger partial charge >= 0.3 is 0 Å². The standard InChI is InChI=1S/C26H40N4OS/c1-9-11-19(4)20(5)24(31)25(21(6)27)32-26(18(3)10-2)29-23-14-12-22(13-15-23)28-16-17-30(7)8/h9,11-15,28-29H,10,16-17,27H2,1-8H3/b11-9-,20-19+,25-21+,26-18+. The number of Topliss-reactive ketones (excluding diaryl/α,β-unsaturated/α-hetero) is 1. The van der Waals surface area contributed by atoms with Crippen molar-refractivity contribution in [3.8, 4) is 0 Å². The first-order valence-electron chi connectivity index (χ1n) is 11.0. The van der Waals surface area contributed by atoms with Gasteiger partial charge in [-0.15, -0.1) is 0 Å². The molecule has 5 nitrogen and oxygen atoms in total. The van der Waals surface area contributed by atoms with Crippen molar-refractivity contribution in [2.24, 2.45) is 5.73 Å². The van der Waals surface area contributed by atoms with Crippen LogP contribution in [0.25, 0.3) is 0 Å². The monoisotopic (exact) mass is 456 g/mol. The average Bonchev–Trinajstić information content (AvgIpc) is 2.75. The summed E-state index contributed by atoms with van der Waals surface area (Å²) in [5, 5.41) is 7.85. The molecular formula is C26H40N4OS. The molecule has 0 aliphatic heterocycles. The van der Waals surface area contributed by atoms with Gasteiger partial charge in [-0.2, -0.15) is 0 Å². The molecule has 0 aliphatic rings. The van der Waals surface area contributed by atoms with Crippen LogP contribution < -0.4 is 16.4 Å². The van der Waals surface area contributed by atoms with Gasteiger partial charge in [-0.25, -0.2) is 0 Å². The third-order valence-corrected chi connectivity index (χ3v) is 6.43. The molecule has 1 aromatic rings. The van der Waals surface area contributed by atoms with Crippen molar-refractivity contribution in [2.45, 2.75) is 48.0 Å². The minimum absolute atomic E-state index is 0.0331. The molecule has 1 aromatic carbocycles. The maximum atomic E-state index is 13.2. The molecule has 0 amide bonds. The summed E-state index contributed by atoms with van der Waals surface area (Å²) < 4.78 is 0. The lowest BCUT2D eigenvalue weighted by Crippen LogP contribution is -2.20. The molecule has 6 heteroatoms. The van der Waals surface area contributed by atoms with E-state index in [-0.39, 0.29) is 5.78 Å². The Morgan fingerprint density at radius 2 is 1.69 bits per heavy atom. The molecular weight excluding hydrogens is 416 g/mol. The van der Waals surface area contributed by atoms with Crippen molar-refractivity contribution in [1.82, 2.24) is 4.90 Å². The largest absolute Gasteiger partial charge is 0.401 e. The molecule has 0 saturated heterocycles. The van der Waals surface area contributed by atoms with Crippen LogP contribution in [0.1, 0.15) is 48.0 Å². The molecule has 4 N–H and O–H groups in total. The van der Waals surface area contributed by atoms with Crippen LogP contribution >= 0.6 is 11.8 Å². The van der Waals surface area contributed by atoms with Crippen molar-refractivity contribution in [3.05, 3.63) is 68.8 Å². The molecule has 32 heavy (non-hydrogen) atoms. The van der Waals surface area contributed by atoms with Gasteiger partial charge in [0.2, 0.25) is 0 Å². The van der Waals surface area contributed by atoms with Crippen LogP contribution in [-0.4, -0.2) is 37.9 Å².